The van der Waals surface area contributed by atoms with Gasteiger partial charge in [0.1, 0.15) is 0 Å². The number of aliphatic carboxylic acids is 1. The van der Waals surface area contributed by atoms with Gasteiger partial charge in [-0.3, -0.25) is 9.69 Å². The Morgan fingerprint density at radius 1 is 1.38 bits per heavy atom. The highest BCUT2D eigenvalue weighted by Crippen LogP contribution is 2.29. The monoisotopic (exact) mass is 311 g/mol. The first-order valence-corrected chi connectivity index (χ1v) is 8.92. The number of hydrogen-bond acceptors (Lipinski definition) is 4. The van der Waals surface area contributed by atoms with Gasteiger partial charge in [0.05, 0.1) is 4.90 Å². The van der Waals surface area contributed by atoms with Crippen molar-refractivity contribution in [3.05, 3.63) is 29.8 Å². The first-order chi connectivity index (χ1) is 9.77. The van der Waals surface area contributed by atoms with Crippen molar-refractivity contribution in [2.24, 2.45) is 5.92 Å². The zero-order chi connectivity index (χ0) is 15.6. The molecule has 1 heterocycles. The lowest BCUT2D eigenvalue weighted by atomic mass is 10.1. The number of sulfone groups is 1. The van der Waals surface area contributed by atoms with Crippen LogP contribution in [0.4, 0.5) is 0 Å². The Morgan fingerprint density at radius 3 is 2.52 bits per heavy atom. The molecule has 1 saturated heterocycles. The molecule has 0 spiro atoms. The third-order valence-electron chi connectivity index (χ3n) is 4.12. The van der Waals surface area contributed by atoms with Crippen molar-refractivity contribution >= 4 is 15.8 Å². The van der Waals surface area contributed by atoms with Crippen molar-refractivity contribution in [1.29, 1.82) is 0 Å². The van der Waals surface area contributed by atoms with E-state index in [0.29, 0.717) is 4.90 Å². The smallest absolute Gasteiger partial charge is 0.303 e. The fourth-order valence-electron chi connectivity index (χ4n) is 2.83. The van der Waals surface area contributed by atoms with Gasteiger partial charge in [-0.2, -0.15) is 0 Å². The zero-order valence-corrected chi connectivity index (χ0v) is 13.1. The highest BCUT2D eigenvalue weighted by molar-refractivity contribution is 7.90. The summed E-state index contributed by atoms with van der Waals surface area (Å²) in [5.41, 5.74) is 1.05. The Morgan fingerprint density at radius 2 is 2.00 bits per heavy atom. The Balaban J connectivity index is 2.04. The van der Waals surface area contributed by atoms with E-state index in [1.54, 1.807) is 12.1 Å². The number of carbonyl (C=O) groups is 1. The number of likely N-dealkylation sites (tertiary alicyclic amines) is 1. The van der Waals surface area contributed by atoms with Crippen LogP contribution in [0.1, 0.15) is 31.4 Å². The van der Waals surface area contributed by atoms with Crippen LogP contribution in [0.25, 0.3) is 0 Å². The maximum atomic E-state index is 11.4. The molecule has 1 aromatic carbocycles. The predicted octanol–water partition coefficient (Wildman–Crippen LogP) is 1.95. The van der Waals surface area contributed by atoms with Gasteiger partial charge in [-0.1, -0.05) is 12.1 Å². The summed E-state index contributed by atoms with van der Waals surface area (Å²) in [5.74, 6) is -0.535. The fourth-order valence-corrected chi connectivity index (χ4v) is 3.46. The standard InChI is InChI=1S/C15H21NO4S/c1-11(16-8-7-12(10-16)9-15(17)18)13-3-5-14(6-4-13)21(2,19)20/h3-6,11-12H,7-10H2,1-2H3,(H,17,18). The molecule has 0 radical (unpaired) electrons. The second-order valence-electron chi connectivity index (χ2n) is 5.76. The molecular formula is C15H21NO4S. The quantitative estimate of drug-likeness (QED) is 0.899. The van der Waals surface area contributed by atoms with Crippen LogP contribution < -0.4 is 0 Å². The summed E-state index contributed by atoms with van der Waals surface area (Å²) in [7, 11) is -3.17. The first kappa shape index (κ1) is 16.0. The first-order valence-electron chi connectivity index (χ1n) is 7.03. The van der Waals surface area contributed by atoms with Crippen molar-refractivity contribution in [2.75, 3.05) is 19.3 Å². The minimum absolute atomic E-state index is 0.164. The molecule has 2 unspecified atom stereocenters. The largest absolute Gasteiger partial charge is 0.481 e. The number of carboxylic acid groups (broad SMARTS) is 1. The van der Waals surface area contributed by atoms with E-state index in [0.717, 1.165) is 25.1 Å². The van der Waals surface area contributed by atoms with Crippen LogP contribution in [-0.4, -0.2) is 43.7 Å². The second kappa shape index (κ2) is 6.15. The SMILES string of the molecule is CC(c1ccc(S(C)(=O)=O)cc1)N1CCC(CC(=O)O)C1. The molecule has 21 heavy (non-hydrogen) atoms. The number of benzene rings is 1. The maximum absolute atomic E-state index is 11.4. The molecule has 6 heteroatoms. The van der Waals surface area contributed by atoms with E-state index in [1.165, 1.54) is 6.26 Å². The van der Waals surface area contributed by atoms with Crippen LogP contribution in [0, 0.1) is 5.92 Å². The molecule has 0 saturated carbocycles. The van der Waals surface area contributed by atoms with E-state index in [4.69, 9.17) is 5.11 Å². The summed E-state index contributed by atoms with van der Waals surface area (Å²) in [5, 5.41) is 8.85. The molecule has 2 atom stereocenters. The Hall–Kier alpha value is -1.40. The van der Waals surface area contributed by atoms with Gasteiger partial charge in [0.25, 0.3) is 0 Å². The van der Waals surface area contributed by atoms with Crippen molar-refractivity contribution in [1.82, 2.24) is 4.90 Å². The molecule has 2 rings (SSSR count). The fraction of sp³-hybridized carbons (Fsp3) is 0.533. The third kappa shape index (κ3) is 4.04. The molecule has 0 aromatic heterocycles. The normalized spacial score (nSPS) is 21.3. The highest BCUT2D eigenvalue weighted by atomic mass is 32.2. The summed E-state index contributed by atoms with van der Waals surface area (Å²) >= 11 is 0. The lowest BCUT2D eigenvalue weighted by Crippen LogP contribution is -2.25. The van der Waals surface area contributed by atoms with Crippen LogP contribution in [0.3, 0.4) is 0 Å². The molecule has 1 aliphatic rings. The Bertz CT molecular complexity index is 609. The number of hydrogen-bond donors (Lipinski definition) is 1. The summed E-state index contributed by atoms with van der Waals surface area (Å²) in [6, 6.07) is 7.10. The maximum Gasteiger partial charge on any atom is 0.303 e. The van der Waals surface area contributed by atoms with Crippen molar-refractivity contribution in [3.63, 3.8) is 0 Å². The minimum atomic E-state index is -3.17. The van der Waals surface area contributed by atoms with Crippen molar-refractivity contribution in [2.45, 2.75) is 30.7 Å². The average molecular weight is 311 g/mol. The van der Waals surface area contributed by atoms with Gasteiger partial charge in [-0.15, -0.1) is 0 Å². The molecule has 1 aromatic rings. The van der Waals surface area contributed by atoms with E-state index in [9.17, 15) is 13.2 Å². The van der Waals surface area contributed by atoms with Crippen molar-refractivity contribution < 1.29 is 18.3 Å². The van der Waals surface area contributed by atoms with Gasteiger partial charge >= 0.3 is 5.97 Å². The summed E-state index contributed by atoms with van der Waals surface area (Å²) in [6.45, 7) is 3.73. The third-order valence-corrected chi connectivity index (χ3v) is 5.25. The number of nitrogens with zero attached hydrogens (tertiary/aromatic N) is 1. The van der Waals surface area contributed by atoms with Crippen LogP contribution in [0.15, 0.2) is 29.2 Å². The Labute approximate surface area is 125 Å². The van der Waals surface area contributed by atoms with Crippen LogP contribution in [-0.2, 0) is 14.6 Å². The Kier molecular flexibility index (Phi) is 4.68. The lowest BCUT2D eigenvalue weighted by Gasteiger charge is -2.24. The second-order valence-corrected chi connectivity index (χ2v) is 7.78. The van der Waals surface area contributed by atoms with Gasteiger partial charge in [0.15, 0.2) is 9.84 Å². The van der Waals surface area contributed by atoms with E-state index in [-0.39, 0.29) is 18.4 Å². The summed E-state index contributed by atoms with van der Waals surface area (Å²) in [6.07, 6.45) is 2.32. The van der Waals surface area contributed by atoms with Gasteiger partial charge in [0.2, 0.25) is 0 Å². The van der Waals surface area contributed by atoms with E-state index < -0.39 is 15.8 Å². The molecule has 0 aliphatic carbocycles. The highest BCUT2D eigenvalue weighted by Gasteiger charge is 2.28. The van der Waals surface area contributed by atoms with E-state index in [2.05, 4.69) is 11.8 Å². The summed E-state index contributed by atoms with van der Waals surface area (Å²) in [4.78, 5) is 13.3. The number of carboxylic acids is 1. The number of rotatable bonds is 5. The van der Waals surface area contributed by atoms with Crippen LogP contribution in [0.5, 0.6) is 0 Å². The van der Waals surface area contributed by atoms with Gasteiger partial charge < -0.3 is 5.11 Å². The van der Waals surface area contributed by atoms with Crippen molar-refractivity contribution in [3.8, 4) is 0 Å². The zero-order valence-electron chi connectivity index (χ0n) is 12.3. The summed E-state index contributed by atoms with van der Waals surface area (Å²) < 4.78 is 22.9. The molecule has 116 valence electrons. The van der Waals surface area contributed by atoms with Gasteiger partial charge in [0, 0.05) is 25.3 Å². The molecule has 1 N–H and O–H groups in total. The van der Waals surface area contributed by atoms with Crippen LogP contribution in [0.2, 0.25) is 0 Å². The van der Waals surface area contributed by atoms with E-state index >= 15 is 0 Å². The van der Waals surface area contributed by atoms with Gasteiger partial charge in [-0.05, 0) is 43.5 Å². The molecular weight excluding hydrogens is 290 g/mol. The average Bonchev–Trinajstić information content (AvgIpc) is 2.84. The molecule has 1 aliphatic heterocycles. The minimum Gasteiger partial charge on any atom is -0.481 e. The molecule has 5 nitrogen and oxygen atoms in total. The van der Waals surface area contributed by atoms with Crippen LogP contribution >= 0.6 is 0 Å². The topological polar surface area (TPSA) is 74.7 Å². The molecule has 0 amide bonds. The molecule has 0 bridgehead atoms. The lowest BCUT2D eigenvalue weighted by molar-refractivity contribution is -0.138. The molecule has 1 fully saturated rings. The van der Waals surface area contributed by atoms with E-state index in [1.807, 2.05) is 12.1 Å². The predicted molar refractivity (Wildman–Crippen MR) is 79.9 cm³/mol. The van der Waals surface area contributed by atoms with Gasteiger partial charge in [-0.25, -0.2) is 8.42 Å².